The van der Waals surface area contributed by atoms with Gasteiger partial charge in [-0.3, -0.25) is 9.59 Å². The van der Waals surface area contributed by atoms with E-state index in [1.807, 2.05) is 30.3 Å². The van der Waals surface area contributed by atoms with Crippen LogP contribution in [0.3, 0.4) is 0 Å². The second-order valence-corrected chi connectivity index (χ2v) is 4.85. The number of ether oxygens (including phenoxy) is 2. The van der Waals surface area contributed by atoms with Crippen molar-refractivity contribution in [2.24, 2.45) is 5.73 Å². The molecule has 2 N–H and O–H groups in total. The van der Waals surface area contributed by atoms with Crippen molar-refractivity contribution >= 4 is 11.9 Å². The molecule has 1 aromatic rings. The summed E-state index contributed by atoms with van der Waals surface area (Å²) < 4.78 is 10.0. The Bertz CT molecular complexity index is 447. The zero-order valence-corrected chi connectivity index (χ0v) is 12.6. The Kier molecular flexibility index (Phi) is 7.46. The summed E-state index contributed by atoms with van der Waals surface area (Å²) in [5.74, 6) is -0.849. The molecule has 2 atom stereocenters. The molecule has 5 nitrogen and oxygen atoms in total. The van der Waals surface area contributed by atoms with Crippen molar-refractivity contribution in [3.63, 3.8) is 0 Å². The third-order valence-electron chi connectivity index (χ3n) is 3.08. The second kappa shape index (κ2) is 9.13. The van der Waals surface area contributed by atoms with Gasteiger partial charge in [0.2, 0.25) is 0 Å². The van der Waals surface area contributed by atoms with Gasteiger partial charge in [0.15, 0.2) is 0 Å². The van der Waals surface area contributed by atoms with Crippen LogP contribution in [0, 0.1) is 0 Å². The summed E-state index contributed by atoms with van der Waals surface area (Å²) in [6.45, 7) is 3.33. The van der Waals surface area contributed by atoms with Crippen LogP contribution in [-0.4, -0.2) is 30.7 Å². The van der Waals surface area contributed by atoms with E-state index in [2.05, 4.69) is 0 Å². The smallest absolute Gasteiger partial charge is 0.309 e. The van der Waals surface area contributed by atoms with Crippen molar-refractivity contribution in [3.8, 4) is 0 Å². The lowest BCUT2D eigenvalue weighted by Crippen LogP contribution is -2.40. The fourth-order valence-electron chi connectivity index (χ4n) is 2.04. The van der Waals surface area contributed by atoms with Gasteiger partial charge in [0.25, 0.3) is 0 Å². The van der Waals surface area contributed by atoms with E-state index in [4.69, 9.17) is 15.2 Å². The molecule has 0 aliphatic rings. The van der Waals surface area contributed by atoms with Gasteiger partial charge < -0.3 is 15.2 Å². The minimum Gasteiger partial charge on any atom is -0.466 e. The number of rotatable bonds is 8. The molecule has 0 radical (unpaired) electrons. The maximum atomic E-state index is 11.5. The van der Waals surface area contributed by atoms with E-state index in [9.17, 15) is 9.59 Å². The Morgan fingerprint density at radius 2 is 1.90 bits per heavy atom. The van der Waals surface area contributed by atoms with Crippen LogP contribution in [0.5, 0.6) is 0 Å². The summed E-state index contributed by atoms with van der Waals surface area (Å²) in [4.78, 5) is 22.7. The van der Waals surface area contributed by atoms with Crippen molar-refractivity contribution < 1.29 is 19.1 Å². The minimum absolute atomic E-state index is 0.0105. The third kappa shape index (κ3) is 6.90. The summed E-state index contributed by atoms with van der Waals surface area (Å²) >= 11 is 0. The highest BCUT2D eigenvalue weighted by atomic mass is 16.6. The average Bonchev–Trinajstić information content (AvgIpc) is 2.45. The van der Waals surface area contributed by atoms with Crippen LogP contribution in [0.2, 0.25) is 0 Å². The zero-order valence-electron chi connectivity index (χ0n) is 12.6. The number of esters is 2. The molecule has 1 aromatic carbocycles. The van der Waals surface area contributed by atoms with E-state index < -0.39 is 24.1 Å². The highest BCUT2D eigenvalue weighted by Crippen LogP contribution is 2.12. The van der Waals surface area contributed by atoms with Gasteiger partial charge in [-0.1, -0.05) is 30.3 Å². The highest BCUT2D eigenvalue weighted by Gasteiger charge is 2.24. The summed E-state index contributed by atoms with van der Waals surface area (Å²) in [5.41, 5.74) is 7.23. The lowest BCUT2D eigenvalue weighted by molar-refractivity contribution is -0.154. The van der Waals surface area contributed by atoms with E-state index in [-0.39, 0.29) is 6.42 Å². The molecule has 0 aliphatic heterocycles. The summed E-state index contributed by atoms with van der Waals surface area (Å²) in [7, 11) is 0. The standard InChI is InChI=1S/C16H23NO4/c1-3-20-16(19)11-15(21-12(2)18)14(17)10-9-13-7-5-4-6-8-13/h4-8,14-15H,3,9-11,17H2,1-2H3/t14-,15+/m1/s1. The first kappa shape index (κ1) is 17.2. The van der Waals surface area contributed by atoms with Crippen molar-refractivity contribution in [3.05, 3.63) is 35.9 Å². The molecule has 0 spiro atoms. The first-order valence-corrected chi connectivity index (χ1v) is 7.15. The minimum atomic E-state index is -0.648. The predicted octanol–water partition coefficient (Wildman–Crippen LogP) is 1.83. The van der Waals surface area contributed by atoms with Gasteiger partial charge in [0, 0.05) is 13.0 Å². The lowest BCUT2D eigenvalue weighted by atomic mass is 10.00. The normalized spacial score (nSPS) is 13.3. The second-order valence-electron chi connectivity index (χ2n) is 4.85. The summed E-state index contributed by atoms with van der Waals surface area (Å²) in [5, 5.41) is 0. The first-order chi connectivity index (χ1) is 10.0. The van der Waals surface area contributed by atoms with Crippen molar-refractivity contribution in [1.82, 2.24) is 0 Å². The molecular formula is C16H23NO4. The maximum Gasteiger partial charge on any atom is 0.309 e. The Hall–Kier alpha value is -1.88. The summed E-state index contributed by atoms with van der Waals surface area (Å²) in [6.07, 6.45) is 0.734. The largest absolute Gasteiger partial charge is 0.466 e. The van der Waals surface area contributed by atoms with Crippen molar-refractivity contribution in [2.75, 3.05) is 6.61 Å². The van der Waals surface area contributed by atoms with Crippen LogP contribution in [0.15, 0.2) is 30.3 Å². The van der Waals surface area contributed by atoms with Crippen molar-refractivity contribution in [1.29, 1.82) is 0 Å². The van der Waals surface area contributed by atoms with Gasteiger partial charge in [-0.15, -0.1) is 0 Å². The topological polar surface area (TPSA) is 78.6 Å². The van der Waals surface area contributed by atoms with E-state index in [1.165, 1.54) is 6.92 Å². The fourth-order valence-corrected chi connectivity index (χ4v) is 2.04. The molecule has 5 heteroatoms. The SMILES string of the molecule is CCOC(=O)C[C@H](OC(C)=O)[C@H](N)CCc1ccccc1. The Morgan fingerprint density at radius 3 is 2.48 bits per heavy atom. The van der Waals surface area contributed by atoms with E-state index in [0.29, 0.717) is 13.0 Å². The van der Waals surface area contributed by atoms with Gasteiger partial charge in [0.1, 0.15) is 6.10 Å². The number of carbonyl (C=O) groups is 2. The molecule has 1 rings (SSSR count). The molecule has 0 aliphatic carbocycles. The molecule has 0 saturated carbocycles. The molecule has 21 heavy (non-hydrogen) atoms. The van der Waals surface area contributed by atoms with E-state index >= 15 is 0 Å². The van der Waals surface area contributed by atoms with Crippen LogP contribution < -0.4 is 5.73 Å². The monoisotopic (exact) mass is 293 g/mol. The third-order valence-corrected chi connectivity index (χ3v) is 3.08. The van der Waals surface area contributed by atoms with Gasteiger partial charge >= 0.3 is 11.9 Å². The maximum absolute atomic E-state index is 11.5. The highest BCUT2D eigenvalue weighted by molar-refractivity contribution is 5.71. The molecule has 0 unspecified atom stereocenters. The van der Waals surface area contributed by atoms with Crippen LogP contribution in [0.1, 0.15) is 32.3 Å². The number of aryl methyl sites for hydroxylation is 1. The molecule has 0 aromatic heterocycles. The lowest BCUT2D eigenvalue weighted by Gasteiger charge is -2.23. The van der Waals surface area contributed by atoms with Gasteiger partial charge in [-0.05, 0) is 25.3 Å². The zero-order chi connectivity index (χ0) is 15.7. The quantitative estimate of drug-likeness (QED) is 0.740. The van der Waals surface area contributed by atoms with Crippen LogP contribution in [0.25, 0.3) is 0 Å². The van der Waals surface area contributed by atoms with Crippen LogP contribution in [0.4, 0.5) is 0 Å². The van der Waals surface area contributed by atoms with Gasteiger partial charge in [-0.25, -0.2) is 0 Å². The Labute approximate surface area is 125 Å². The Balaban J connectivity index is 2.55. The predicted molar refractivity (Wildman–Crippen MR) is 79.5 cm³/mol. The number of nitrogens with two attached hydrogens (primary N) is 1. The number of hydrogen-bond donors (Lipinski definition) is 1. The molecule has 0 amide bonds. The molecule has 116 valence electrons. The van der Waals surface area contributed by atoms with Crippen molar-refractivity contribution in [2.45, 2.75) is 45.3 Å². The fraction of sp³-hybridized carbons (Fsp3) is 0.500. The molecule has 0 saturated heterocycles. The van der Waals surface area contributed by atoms with Crippen LogP contribution >= 0.6 is 0 Å². The van der Waals surface area contributed by atoms with E-state index in [0.717, 1.165) is 12.0 Å². The molecule has 0 fully saturated rings. The molecule has 0 bridgehead atoms. The Morgan fingerprint density at radius 1 is 1.24 bits per heavy atom. The molecule has 0 heterocycles. The van der Waals surface area contributed by atoms with E-state index in [1.54, 1.807) is 6.92 Å². The number of hydrogen-bond acceptors (Lipinski definition) is 5. The van der Waals surface area contributed by atoms with Gasteiger partial charge in [0.05, 0.1) is 13.0 Å². The van der Waals surface area contributed by atoms with Crippen LogP contribution in [-0.2, 0) is 25.5 Å². The van der Waals surface area contributed by atoms with Gasteiger partial charge in [-0.2, -0.15) is 0 Å². The average molecular weight is 293 g/mol. The summed E-state index contributed by atoms with van der Waals surface area (Å²) in [6, 6.07) is 9.49. The number of benzene rings is 1. The molecular weight excluding hydrogens is 270 g/mol. The first-order valence-electron chi connectivity index (χ1n) is 7.15. The number of carbonyl (C=O) groups excluding carboxylic acids is 2.